The third-order valence-electron chi connectivity index (χ3n) is 3.52. The summed E-state index contributed by atoms with van der Waals surface area (Å²) in [4.78, 5) is 0. The van der Waals surface area contributed by atoms with Crippen LogP contribution in [0.2, 0.25) is 0 Å². The van der Waals surface area contributed by atoms with Gasteiger partial charge in [-0.15, -0.1) is 0 Å². The van der Waals surface area contributed by atoms with Crippen LogP contribution in [0.4, 0.5) is 4.39 Å². The van der Waals surface area contributed by atoms with E-state index in [-0.39, 0.29) is 11.9 Å². The number of hydrogen-bond acceptors (Lipinski definition) is 2. The number of benzene rings is 2. The second-order valence-corrected chi connectivity index (χ2v) is 6.08. The van der Waals surface area contributed by atoms with Crippen molar-refractivity contribution < 1.29 is 13.9 Å². The maximum atomic E-state index is 13.7. The zero-order valence-electron chi connectivity index (χ0n) is 11.5. The average Bonchev–Trinajstić information content (AvgIpc) is 2.98. The standard InChI is InChI=1S/C17H16BrFO2/c18-14-3-6-17(19)13(10-14)9-12-1-4-15(5-2-12)21-16-7-8-20-11-16/h1-6,10,16H,7-9,11H2. The molecule has 3 rings (SSSR count). The van der Waals surface area contributed by atoms with Gasteiger partial charge in [0.2, 0.25) is 0 Å². The van der Waals surface area contributed by atoms with Gasteiger partial charge in [-0.2, -0.15) is 0 Å². The van der Waals surface area contributed by atoms with Gasteiger partial charge >= 0.3 is 0 Å². The fraction of sp³-hybridized carbons (Fsp3) is 0.294. The highest BCUT2D eigenvalue weighted by molar-refractivity contribution is 9.10. The first-order valence-electron chi connectivity index (χ1n) is 6.98. The van der Waals surface area contributed by atoms with Gasteiger partial charge in [0.25, 0.3) is 0 Å². The monoisotopic (exact) mass is 350 g/mol. The van der Waals surface area contributed by atoms with Gasteiger partial charge < -0.3 is 9.47 Å². The summed E-state index contributed by atoms with van der Waals surface area (Å²) < 4.78 is 25.7. The summed E-state index contributed by atoms with van der Waals surface area (Å²) in [6.45, 7) is 1.43. The molecule has 1 atom stereocenters. The Bertz CT molecular complexity index is 607. The van der Waals surface area contributed by atoms with Crippen molar-refractivity contribution in [3.8, 4) is 5.75 Å². The fourth-order valence-electron chi connectivity index (χ4n) is 2.38. The summed E-state index contributed by atoms with van der Waals surface area (Å²) in [6.07, 6.45) is 1.65. The second kappa shape index (κ2) is 6.58. The summed E-state index contributed by atoms with van der Waals surface area (Å²) >= 11 is 3.37. The van der Waals surface area contributed by atoms with E-state index in [0.717, 1.165) is 28.8 Å². The molecule has 0 N–H and O–H groups in total. The van der Waals surface area contributed by atoms with E-state index in [0.29, 0.717) is 18.6 Å². The van der Waals surface area contributed by atoms with Crippen LogP contribution in [-0.2, 0) is 11.2 Å². The molecule has 0 aliphatic carbocycles. The SMILES string of the molecule is Fc1ccc(Br)cc1Cc1ccc(OC2CCOC2)cc1. The Hall–Kier alpha value is -1.39. The van der Waals surface area contributed by atoms with Crippen LogP contribution in [0.5, 0.6) is 5.75 Å². The summed E-state index contributed by atoms with van der Waals surface area (Å²) in [5.41, 5.74) is 1.74. The molecule has 1 unspecified atom stereocenters. The van der Waals surface area contributed by atoms with E-state index in [2.05, 4.69) is 15.9 Å². The van der Waals surface area contributed by atoms with Crippen molar-refractivity contribution in [3.05, 3.63) is 63.9 Å². The van der Waals surface area contributed by atoms with Crippen LogP contribution >= 0.6 is 15.9 Å². The quantitative estimate of drug-likeness (QED) is 0.816. The van der Waals surface area contributed by atoms with Crippen molar-refractivity contribution in [2.24, 2.45) is 0 Å². The summed E-state index contributed by atoms with van der Waals surface area (Å²) in [7, 11) is 0. The smallest absolute Gasteiger partial charge is 0.126 e. The molecule has 0 amide bonds. The van der Waals surface area contributed by atoms with Crippen molar-refractivity contribution >= 4 is 15.9 Å². The van der Waals surface area contributed by atoms with E-state index in [1.165, 1.54) is 6.07 Å². The summed E-state index contributed by atoms with van der Waals surface area (Å²) in [5.74, 6) is 0.658. The molecule has 1 fully saturated rings. The van der Waals surface area contributed by atoms with Gasteiger partial charge in [-0.05, 0) is 41.5 Å². The molecule has 0 aromatic heterocycles. The van der Waals surface area contributed by atoms with Crippen molar-refractivity contribution in [1.29, 1.82) is 0 Å². The third kappa shape index (κ3) is 3.83. The number of ether oxygens (including phenoxy) is 2. The van der Waals surface area contributed by atoms with Crippen molar-refractivity contribution in [2.45, 2.75) is 18.9 Å². The van der Waals surface area contributed by atoms with Crippen LogP contribution in [0, 0.1) is 5.82 Å². The summed E-state index contributed by atoms with van der Waals surface area (Å²) in [5, 5.41) is 0. The molecule has 1 saturated heterocycles. The molecule has 1 aliphatic heterocycles. The Balaban J connectivity index is 1.67. The van der Waals surface area contributed by atoms with Crippen molar-refractivity contribution in [1.82, 2.24) is 0 Å². The molecule has 4 heteroatoms. The minimum atomic E-state index is -0.179. The first-order chi connectivity index (χ1) is 10.2. The number of hydrogen-bond donors (Lipinski definition) is 0. The maximum absolute atomic E-state index is 13.7. The van der Waals surface area contributed by atoms with E-state index in [9.17, 15) is 4.39 Å². The fourth-order valence-corrected chi connectivity index (χ4v) is 2.79. The van der Waals surface area contributed by atoms with Crippen LogP contribution in [-0.4, -0.2) is 19.3 Å². The predicted octanol–water partition coefficient (Wildman–Crippen LogP) is 4.35. The molecule has 0 bridgehead atoms. The van der Waals surface area contributed by atoms with Crippen LogP contribution in [0.25, 0.3) is 0 Å². The average molecular weight is 351 g/mol. The van der Waals surface area contributed by atoms with Crippen LogP contribution in [0.15, 0.2) is 46.9 Å². The predicted molar refractivity (Wildman–Crippen MR) is 83.2 cm³/mol. The van der Waals surface area contributed by atoms with Crippen LogP contribution in [0.3, 0.4) is 0 Å². The molecule has 0 spiro atoms. The van der Waals surface area contributed by atoms with Crippen LogP contribution in [0.1, 0.15) is 17.5 Å². The molecule has 1 aliphatic rings. The zero-order valence-corrected chi connectivity index (χ0v) is 13.1. The highest BCUT2D eigenvalue weighted by Gasteiger charge is 2.16. The molecule has 2 aromatic rings. The molecule has 0 radical (unpaired) electrons. The topological polar surface area (TPSA) is 18.5 Å². The molecule has 2 aromatic carbocycles. The van der Waals surface area contributed by atoms with Crippen molar-refractivity contribution in [3.63, 3.8) is 0 Å². The van der Waals surface area contributed by atoms with E-state index in [4.69, 9.17) is 9.47 Å². The van der Waals surface area contributed by atoms with Gasteiger partial charge in [0.1, 0.15) is 17.7 Å². The van der Waals surface area contributed by atoms with E-state index in [1.54, 1.807) is 6.07 Å². The molecule has 21 heavy (non-hydrogen) atoms. The molecule has 0 saturated carbocycles. The Kier molecular flexibility index (Phi) is 4.56. The lowest BCUT2D eigenvalue weighted by Crippen LogP contribution is -2.15. The first kappa shape index (κ1) is 14.5. The Morgan fingerprint density at radius 2 is 2.00 bits per heavy atom. The number of rotatable bonds is 4. The Morgan fingerprint density at radius 3 is 2.71 bits per heavy atom. The highest BCUT2D eigenvalue weighted by Crippen LogP contribution is 2.21. The molecule has 1 heterocycles. The minimum Gasteiger partial charge on any atom is -0.488 e. The van der Waals surface area contributed by atoms with Gasteiger partial charge in [0.15, 0.2) is 0 Å². The first-order valence-corrected chi connectivity index (χ1v) is 7.77. The lowest BCUT2D eigenvalue weighted by molar-refractivity contribution is 0.141. The summed E-state index contributed by atoms with van der Waals surface area (Å²) in [6, 6.07) is 12.8. The Morgan fingerprint density at radius 1 is 1.19 bits per heavy atom. The minimum absolute atomic E-state index is 0.151. The molecule has 110 valence electrons. The normalized spacial score (nSPS) is 17.9. The molecule has 2 nitrogen and oxygen atoms in total. The maximum Gasteiger partial charge on any atom is 0.126 e. The highest BCUT2D eigenvalue weighted by atomic mass is 79.9. The van der Waals surface area contributed by atoms with Gasteiger partial charge in [-0.3, -0.25) is 0 Å². The van der Waals surface area contributed by atoms with E-state index in [1.807, 2.05) is 30.3 Å². The Labute approximate surface area is 132 Å². The number of halogens is 2. The van der Waals surface area contributed by atoms with Gasteiger partial charge in [0, 0.05) is 17.3 Å². The molecular formula is C17H16BrFO2. The zero-order chi connectivity index (χ0) is 14.7. The van der Waals surface area contributed by atoms with Gasteiger partial charge in [-0.25, -0.2) is 4.39 Å². The van der Waals surface area contributed by atoms with Gasteiger partial charge in [-0.1, -0.05) is 28.1 Å². The van der Waals surface area contributed by atoms with Crippen LogP contribution < -0.4 is 4.74 Å². The molecular weight excluding hydrogens is 335 g/mol. The lowest BCUT2D eigenvalue weighted by Gasteiger charge is -2.12. The lowest BCUT2D eigenvalue weighted by atomic mass is 10.0. The largest absolute Gasteiger partial charge is 0.488 e. The van der Waals surface area contributed by atoms with Gasteiger partial charge in [0.05, 0.1) is 13.2 Å². The third-order valence-corrected chi connectivity index (χ3v) is 4.01. The second-order valence-electron chi connectivity index (χ2n) is 5.16. The van der Waals surface area contributed by atoms with Crippen molar-refractivity contribution in [2.75, 3.05) is 13.2 Å². The van der Waals surface area contributed by atoms with E-state index >= 15 is 0 Å². The van der Waals surface area contributed by atoms with E-state index < -0.39 is 0 Å².